The molecule has 0 aliphatic carbocycles. The zero-order valence-electron chi connectivity index (χ0n) is 9.98. The van der Waals surface area contributed by atoms with Crippen molar-refractivity contribution in [3.05, 3.63) is 46.0 Å². The molecule has 2 heterocycles. The molecule has 3 nitrogen and oxygen atoms in total. The van der Waals surface area contributed by atoms with Crippen molar-refractivity contribution in [2.24, 2.45) is 5.84 Å². The van der Waals surface area contributed by atoms with Crippen LogP contribution in [-0.2, 0) is 12.8 Å². The number of furan rings is 1. The molecule has 0 aliphatic heterocycles. The first-order valence-electron chi connectivity index (χ1n) is 5.90. The van der Waals surface area contributed by atoms with Gasteiger partial charge in [-0.1, -0.05) is 13.0 Å². The number of aryl methyl sites for hydroxylation is 2. The summed E-state index contributed by atoms with van der Waals surface area (Å²) in [6, 6.07) is 8.35. The number of hydrazine groups is 1. The summed E-state index contributed by atoms with van der Waals surface area (Å²) in [7, 11) is 0. The van der Waals surface area contributed by atoms with Crippen LogP contribution in [0.2, 0.25) is 0 Å². The fraction of sp³-hybridized carbons (Fsp3) is 0.385. The topological polar surface area (TPSA) is 51.2 Å². The van der Waals surface area contributed by atoms with E-state index in [0.717, 1.165) is 30.8 Å². The Hall–Kier alpha value is -1.10. The quantitative estimate of drug-likeness (QED) is 0.612. The minimum Gasteiger partial charge on any atom is -0.464 e. The van der Waals surface area contributed by atoms with Crippen LogP contribution in [0.15, 0.2) is 34.1 Å². The maximum Gasteiger partial charge on any atom is 0.122 e. The lowest BCUT2D eigenvalue weighted by molar-refractivity contribution is 0.384. The second kappa shape index (κ2) is 6.00. The Balaban J connectivity index is 1.96. The van der Waals surface area contributed by atoms with Crippen molar-refractivity contribution in [2.45, 2.75) is 32.2 Å². The summed E-state index contributed by atoms with van der Waals surface area (Å²) in [5.41, 5.74) is 2.83. The molecule has 2 aromatic heterocycles. The summed E-state index contributed by atoms with van der Waals surface area (Å²) in [4.78, 5) is 1.38. The van der Waals surface area contributed by atoms with E-state index in [1.807, 2.05) is 12.1 Å². The van der Waals surface area contributed by atoms with Gasteiger partial charge in [0.15, 0.2) is 0 Å². The van der Waals surface area contributed by atoms with E-state index in [-0.39, 0.29) is 6.04 Å². The second-order valence-corrected chi connectivity index (χ2v) is 5.03. The highest BCUT2D eigenvalue weighted by atomic mass is 32.1. The normalized spacial score (nSPS) is 12.8. The van der Waals surface area contributed by atoms with E-state index in [2.05, 4.69) is 29.9 Å². The molecule has 0 saturated heterocycles. The highest BCUT2D eigenvalue weighted by molar-refractivity contribution is 7.09. The van der Waals surface area contributed by atoms with Crippen molar-refractivity contribution >= 4 is 11.3 Å². The van der Waals surface area contributed by atoms with Gasteiger partial charge in [-0.15, -0.1) is 11.3 Å². The van der Waals surface area contributed by atoms with Gasteiger partial charge in [0, 0.05) is 11.3 Å². The Morgan fingerprint density at radius 3 is 2.88 bits per heavy atom. The molecule has 0 bridgehead atoms. The lowest BCUT2D eigenvalue weighted by atomic mass is 10.1. The third-order valence-corrected chi connectivity index (χ3v) is 3.77. The number of hydrogen-bond donors (Lipinski definition) is 2. The fourth-order valence-electron chi connectivity index (χ4n) is 1.82. The molecule has 0 aromatic carbocycles. The largest absolute Gasteiger partial charge is 0.464 e. The van der Waals surface area contributed by atoms with Crippen LogP contribution in [0.5, 0.6) is 0 Å². The molecule has 2 rings (SSSR count). The standard InChI is InChI=1S/C13H18N2OS/c1-2-10-5-8-13(16-10)12(15-14)7-6-11-4-3-9-17-11/h3-5,8-9,12,15H,2,6-7,14H2,1H3. The minimum atomic E-state index is 0.0948. The van der Waals surface area contributed by atoms with E-state index in [1.54, 1.807) is 11.3 Å². The highest BCUT2D eigenvalue weighted by Crippen LogP contribution is 2.22. The molecule has 0 amide bonds. The second-order valence-electron chi connectivity index (χ2n) is 3.99. The van der Waals surface area contributed by atoms with E-state index < -0.39 is 0 Å². The van der Waals surface area contributed by atoms with Gasteiger partial charge in [-0.2, -0.15) is 0 Å². The fourth-order valence-corrected chi connectivity index (χ4v) is 2.55. The summed E-state index contributed by atoms with van der Waals surface area (Å²) >= 11 is 1.78. The Labute approximate surface area is 106 Å². The van der Waals surface area contributed by atoms with Crippen LogP contribution in [0.3, 0.4) is 0 Å². The van der Waals surface area contributed by atoms with Gasteiger partial charge in [0.1, 0.15) is 11.5 Å². The van der Waals surface area contributed by atoms with Crippen molar-refractivity contribution in [2.75, 3.05) is 0 Å². The third-order valence-electron chi connectivity index (χ3n) is 2.84. The number of hydrogen-bond acceptors (Lipinski definition) is 4. The Kier molecular flexibility index (Phi) is 4.36. The molecule has 17 heavy (non-hydrogen) atoms. The average Bonchev–Trinajstić information content (AvgIpc) is 3.00. The molecule has 0 saturated carbocycles. The average molecular weight is 250 g/mol. The number of rotatable bonds is 6. The predicted molar refractivity (Wildman–Crippen MR) is 70.8 cm³/mol. The van der Waals surface area contributed by atoms with Gasteiger partial charge in [-0.25, -0.2) is 5.43 Å². The first-order valence-corrected chi connectivity index (χ1v) is 6.78. The van der Waals surface area contributed by atoms with Crippen LogP contribution in [0.25, 0.3) is 0 Å². The molecule has 92 valence electrons. The maximum atomic E-state index is 5.72. The van der Waals surface area contributed by atoms with Gasteiger partial charge in [-0.3, -0.25) is 5.84 Å². The number of nitrogens with two attached hydrogens (primary N) is 1. The van der Waals surface area contributed by atoms with E-state index >= 15 is 0 Å². The summed E-state index contributed by atoms with van der Waals surface area (Å²) in [5.74, 6) is 7.53. The maximum absolute atomic E-state index is 5.72. The molecule has 1 atom stereocenters. The van der Waals surface area contributed by atoms with Crippen molar-refractivity contribution in [1.82, 2.24) is 5.43 Å². The first-order chi connectivity index (χ1) is 8.33. The van der Waals surface area contributed by atoms with E-state index in [1.165, 1.54) is 4.88 Å². The highest BCUT2D eigenvalue weighted by Gasteiger charge is 2.14. The Morgan fingerprint density at radius 2 is 2.29 bits per heavy atom. The van der Waals surface area contributed by atoms with Gasteiger partial charge in [0.2, 0.25) is 0 Å². The van der Waals surface area contributed by atoms with Gasteiger partial charge < -0.3 is 4.42 Å². The predicted octanol–water partition coefficient (Wildman–Crippen LogP) is 3.04. The molecule has 1 unspecified atom stereocenters. The van der Waals surface area contributed by atoms with Crippen LogP contribution in [-0.4, -0.2) is 0 Å². The van der Waals surface area contributed by atoms with Crippen LogP contribution in [0.4, 0.5) is 0 Å². The zero-order valence-corrected chi connectivity index (χ0v) is 10.8. The molecule has 4 heteroatoms. The summed E-state index contributed by atoms with van der Waals surface area (Å²) in [6.45, 7) is 2.08. The lowest BCUT2D eigenvalue weighted by Crippen LogP contribution is -2.28. The van der Waals surface area contributed by atoms with Crippen molar-refractivity contribution in [1.29, 1.82) is 0 Å². The molecule has 0 spiro atoms. The molecule has 0 aliphatic rings. The van der Waals surface area contributed by atoms with Crippen LogP contribution in [0.1, 0.15) is 35.8 Å². The van der Waals surface area contributed by atoms with Crippen LogP contribution >= 0.6 is 11.3 Å². The van der Waals surface area contributed by atoms with Gasteiger partial charge in [0.05, 0.1) is 6.04 Å². The monoisotopic (exact) mass is 250 g/mol. The summed E-state index contributed by atoms with van der Waals surface area (Å²) in [5, 5.41) is 2.10. The van der Waals surface area contributed by atoms with Gasteiger partial charge in [-0.05, 0) is 36.4 Å². The SMILES string of the molecule is CCc1ccc(C(CCc2cccs2)NN)o1. The van der Waals surface area contributed by atoms with Crippen molar-refractivity contribution in [3.8, 4) is 0 Å². The smallest absolute Gasteiger partial charge is 0.122 e. The summed E-state index contributed by atoms with van der Waals surface area (Å²) < 4.78 is 5.72. The molecule has 2 aromatic rings. The van der Waals surface area contributed by atoms with Gasteiger partial charge >= 0.3 is 0 Å². The van der Waals surface area contributed by atoms with E-state index in [0.29, 0.717) is 0 Å². The molecule has 0 radical (unpaired) electrons. The Bertz CT molecular complexity index is 436. The van der Waals surface area contributed by atoms with Crippen molar-refractivity contribution in [3.63, 3.8) is 0 Å². The molecule has 0 fully saturated rings. The van der Waals surface area contributed by atoms with Crippen molar-refractivity contribution < 1.29 is 4.42 Å². The zero-order chi connectivity index (χ0) is 12.1. The van der Waals surface area contributed by atoms with Gasteiger partial charge in [0.25, 0.3) is 0 Å². The minimum absolute atomic E-state index is 0.0948. The van der Waals surface area contributed by atoms with E-state index in [9.17, 15) is 0 Å². The van der Waals surface area contributed by atoms with Crippen LogP contribution < -0.4 is 11.3 Å². The summed E-state index contributed by atoms with van der Waals surface area (Å²) in [6.07, 6.45) is 2.89. The number of nitrogens with one attached hydrogen (secondary N) is 1. The first kappa shape index (κ1) is 12.4. The van der Waals surface area contributed by atoms with Crippen LogP contribution in [0, 0.1) is 0 Å². The molecular formula is C13H18N2OS. The lowest BCUT2D eigenvalue weighted by Gasteiger charge is -2.12. The van der Waals surface area contributed by atoms with E-state index in [4.69, 9.17) is 10.3 Å². The number of thiophene rings is 1. The molecule has 3 N–H and O–H groups in total. The molecular weight excluding hydrogens is 232 g/mol. The Morgan fingerprint density at radius 1 is 1.41 bits per heavy atom. The third kappa shape index (κ3) is 3.19.